The summed E-state index contributed by atoms with van der Waals surface area (Å²) in [5.41, 5.74) is 4.48. The number of ketones is 1. The number of hydrogen-bond acceptors (Lipinski definition) is 3. The highest BCUT2D eigenvalue weighted by Crippen LogP contribution is 2.19. The predicted octanol–water partition coefficient (Wildman–Crippen LogP) is 4.79. The summed E-state index contributed by atoms with van der Waals surface area (Å²) in [6.45, 7) is 4.14. The van der Waals surface area contributed by atoms with Crippen LogP contribution in [0.5, 0.6) is 0 Å². The van der Waals surface area contributed by atoms with E-state index in [1.807, 2.05) is 48.9 Å². The van der Waals surface area contributed by atoms with Crippen molar-refractivity contribution < 1.29 is 14.0 Å². The number of nitrogens with one attached hydrogen (secondary N) is 1. The molecule has 5 nitrogen and oxygen atoms in total. The quantitative estimate of drug-likeness (QED) is 0.450. The molecule has 0 fully saturated rings. The number of nitrogens with zero attached hydrogens (tertiary/aromatic N) is 2. The molecule has 0 bridgehead atoms. The molecule has 0 radical (unpaired) electrons. The first kappa shape index (κ1) is 21.2. The number of carbonyl (C=O) groups is 2. The van der Waals surface area contributed by atoms with Crippen LogP contribution in [0.1, 0.15) is 43.2 Å². The van der Waals surface area contributed by atoms with Crippen LogP contribution in [-0.4, -0.2) is 21.5 Å². The highest BCUT2D eigenvalue weighted by molar-refractivity contribution is 6.15. The summed E-state index contributed by atoms with van der Waals surface area (Å²) in [4.78, 5) is 25.9. The van der Waals surface area contributed by atoms with Gasteiger partial charge in [0.1, 0.15) is 5.82 Å². The molecule has 0 atom stereocenters. The highest BCUT2D eigenvalue weighted by atomic mass is 19.1. The molecule has 1 aromatic heterocycles. The number of carbonyl (C=O) groups excluding carboxylic acids is 2. The van der Waals surface area contributed by atoms with E-state index in [0.29, 0.717) is 5.56 Å². The number of halogens is 1. The molecule has 1 N–H and O–H groups in total. The van der Waals surface area contributed by atoms with Crippen molar-refractivity contribution in [2.45, 2.75) is 20.4 Å². The molecule has 0 aliphatic heterocycles. The Bertz CT molecular complexity index is 1280. The largest absolute Gasteiger partial charge is 0.348 e. The van der Waals surface area contributed by atoms with Crippen LogP contribution in [0.15, 0.2) is 78.9 Å². The zero-order valence-electron chi connectivity index (χ0n) is 17.8. The lowest BCUT2D eigenvalue weighted by molar-refractivity contribution is 0.0939. The van der Waals surface area contributed by atoms with Crippen molar-refractivity contribution in [2.24, 2.45) is 0 Å². The first-order valence-electron chi connectivity index (χ1n) is 10.2. The molecule has 0 aliphatic rings. The van der Waals surface area contributed by atoms with E-state index in [2.05, 4.69) is 10.4 Å². The molecular weight excluding hydrogens is 405 g/mol. The fraction of sp³-hybridized carbons (Fsp3) is 0.115. The van der Waals surface area contributed by atoms with E-state index >= 15 is 0 Å². The van der Waals surface area contributed by atoms with Crippen molar-refractivity contribution in [3.05, 3.63) is 118 Å². The van der Waals surface area contributed by atoms with Gasteiger partial charge in [0.25, 0.3) is 5.91 Å². The van der Waals surface area contributed by atoms with E-state index in [9.17, 15) is 14.0 Å². The van der Waals surface area contributed by atoms with Crippen molar-refractivity contribution in [2.75, 3.05) is 0 Å². The zero-order valence-corrected chi connectivity index (χ0v) is 17.8. The summed E-state index contributed by atoms with van der Waals surface area (Å²) in [7, 11) is 0. The lowest BCUT2D eigenvalue weighted by Crippen LogP contribution is -2.25. The normalized spacial score (nSPS) is 10.7. The topological polar surface area (TPSA) is 64.0 Å². The Morgan fingerprint density at radius 3 is 2.19 bits per heavy atom. The Morgan fingerprint density at radius 1 is 0.875 bits per heavy atom. The lowest BCUT2D eigenvalue weighted by atomic mass is 9.98. The minimum Gasteiger partial charge on any atom is -0.348 e. The molecule has 4 aromatic rings. The Labute approximate surface area is 185 Å². The molecule has 4 rings (SSSR count). The number of aryl methyl sites for hydroxylation is 1. The van der Waals surface area contributed by atoms with Crippen molar-refractivity contribution in [1.29, 1.82) is 0 Å². The average molecular weight is 427 g/mol. The molecule has 1 amide bonds. The van der Waals surface area contributed by atoms with Crippen molar-refractivity contribution >= 4 is 11.7 Å². The minimum atomic E-state index is -0.422. The molecule has 32 heavy (non-hydrogen) atoms. The third-order valence-electron chi connectivity index (χ3n) is 5.39. The van der Waals surface area contributed by atoms with E-state index in [1.54, 1.807) is 24.3 Å². The van der Waals surface area contributed by atoms with Crippen LogP contribution >= 0.6 is 0 Å². The zero-order chi connectivity index (χ0) is 22.7. The first-order chi connectivity index (χ1) is 15.5. The van der Waals surface area contributed by atoms with Crippen LogP contribution in [-0.2, 0) is 6.54 Å². The average Bonchev–Trinajstić information content (AvgIpc) is 3.11. The van der Waals surface area contributed by atoms with Gasteiger partial charge in [-0.05, 0) is 56.3 Å². The van der Waals surface area contributed by atoms with Gasteiger partial charge in [-0.1, -0.05) is 36.4 Å². The SMILES string of the molecule is Cc1nn(-c2ccccc2)c(C)c1CNC(=O)c1ccccc1C(=O)c1ccc(F)cc1. The van der Waals surface area contributed by atoms with Gasteiger partial charge in [0.05, 0.1) is 16.9 Å². The van der Waals surface area contributed by atoms with E-state index in [1.165, 1.54) is 24.3 Å². The monoisotopic (exact) mass is 427 g/mol. The van der Waals surface area contributed by atoms with E-state index < -0.39 is 5.82 Å². The summed E-state index contributed by atoms with van der Waals surface area (Å²) in [5.74, 6) is -1.11. The molecule has 0 spiro atoms. The summed E-state index contributed by atoms with van der Waals surface area (Å²) in [5, 5.41) is 7.52. The van der Waals surface area contributed by atoms with Gasteiger partial charge in [-0.3, -0.25) is 9.59 Å². The van der Waals surface area contributed by atoms with Gasteiger partial charge in [-0.25, -0.2) is 9.07 Å². The molecule has 0 unspecified atom stereocenters. The number of hydrogen-bond donors (Lipinski definition) is 1. The van der Waals surface area contributed by atoms with Crippen LogP contribution in [0.25, 0.3) is 5.69 Å². The maximum atomic E-state index is 13.2. The Balaban J connectivity index is 1.56. The number of para-hydroxylation sites is 1. The molecule has 1 heterocycles. The fourth-order valence-electron chi connectivity index (χ4n) is 3.65. The van der Waals surface area contributed by atoms with Crippen molar-refractivity contribution in [1.82, 2.24) is 15.1 Å². The summed E-state index contributed by atoms with van der Waals surface area (Å²) in [6, 6.07) is 21.7. The Kier molecular flexibility index (Phi) is 5.94. The van der Waals surface area contributed by atoms with Gasteiger partial charge in [-0.2, -0.15) is 5.10 Å². The summed E-state index contributed by atoms with van der Waals surface area (Å²) >= 11 is 0. The van der Waals surface area contributed by atoms with Crippen LogP contribution in [0, 0.1) is 19.7 Å². The maximum Gasteiger partial charge on any atom is 0.252 e. The number of aromatic nitrogens is 2. The third kappa shape index (κ3) is 4.21. The first-order valence-corrected chi connectivity index (χ1v) is 10.2. The minimum absolute atomic E-state index is 0.269. The summed E-state index contributed by atoms with van der Waals surface area (Å²) < 4.78 is 15.1. The van der Waals surface area contributed by atoms with E-state index in [4.69, 9.17) is 0 Å². The Hall–Kier alpha value is -4.06. The molecule has 0 saturated heterocycles. The van der Waals surface area contributed by atoms with Crippen LogP contribution in [0.2, 0.25) is 0 Å². The number of rotatable bonds is 6. The van der Waals surface area contributed by atoms with Crippen molar-refractivity contribution in [3.8, 4) is 5.69 Å². The molecule has 3 aromatic carbocycles. The third-order valence-corrected chi connectivity index (χ3v) is 5.39. The van der Waals surface area contributed by atoms with Crippen LogP contribution in [0.4, 0.5) is 4.39 Å². The van der Waals surface area contributed by atoms with Gasteiger partial charge in [0.2, 0.25) is 0 Å². The van der Waals surface area contributed by atoms with Gasteiger partial charge in [0.15, 0.2) is 5.78 Å². The maximum absolute atomic E-state index is 13.2. The van der Waals surface area contributed by atoms with Crippen molar-refractivity contribution in [3.63, 3.8) is 0 Å². The molecule has 160 valence electrons. The highest BCUT2D eigenvalue weighted by Gasteiger charge is 2.19. The number of amides is 1. The number of benzene rings is 3. The summed E-state index contributed by atoms with van der Waals surface area (Å²) in [6.07, 6.45) is 0. The standard InChI is InChI=1S/C26H22FN3O2/c1-17-24(18(2)30(29-17)21-8-4-3-5-9-21)16-28-26(32)23-11-7-6-10-22(23)25(31)19-12-14-20(27)15-13-19/h3-15H,16H2,1-2H3,(H,28,32). The molecule has 6 heteroatoms. The van der Waals surface area contributed by atoms with Gasteiger partial charge in [0, 0.05) is 28.9 Å². The van der Waals surface area contributed by atoms with Gasteiger partial charge < -0.3 is 5.32 Å². The second-order valence-electron chi connectivity index (χ2n) is 7.46. The van der Waals surface area contributed by atoms with Crippen LogP contribution in [0.3, 0.4) is 0 Å². The van der Waals surface area contributed by atoms with Crippen LogP contribution < -0.4 is 5.32 Å². The second kappa shape index (κ2) is 8.98. The van der Waals surface area contributed by atoms with Gasteiger partial charge >= 0.3 is 0 Å². The van der Waals surface area contributed by atoms with Gasteiger partial charge in [-0.15, -0.1) is 0 Å². The lowest BCUT2D eigenvalue weighted by Gasteiger charge is -2.10. The fourth-order valence-corrected chi connectivity index (χ4v) is 3.65. The molecular formula is C26H22FN3O2. The second-order valence-corrected chi connectivity index (χ2v) is 7.46. The molecule has 0 aliphatic carbocycles. The smallest absolute Gasteiger partial charge is 0.252 e. The predicted molar refractivity (Wildman–Crippen MR) is 120 cm³/mol. The van der Waals surface area contributed by atoms with E-state index in [0.717, 1.165) is 22.6 Å². The molecule has 0 saturated carbocycles. The van der Waals surface area contributed by atoms with E-state index in [-0.39, 0.29) is 29.4 Å². The Morgan fingerprint density at radius 2 is 1.50 bits per heavy atom.